The van der Waals surface area contributed by atoms with Crippen molar-refractivity contribution in [2.75, 3.05) is 6.54 Å². The van der Waals surface area contributed by atoms with E-state index in [1.54, 1.807) is 0 Å². The number of hydrogen-bond acceptors (Lipinski definition) is 1. The predicted molar refractivity (Wildman–Crippen MR) is 35.3 cm³/mol. The van der Waals surface area contributed by atoms with E-state index in [9.17, 15) is 4.79 Å². The molecule has 1 rings (SSSR count). The van der Waals surface area contributed by atoms with E-state index < -0.39 is 0 Å². The zero-order chi connectivity index (χ0) is 5.44. The molecule has 4 heteroatoms. The lowest BCUT2D eigenvalue weighted by atomic mass is 10.3. The fourth-order valence-electron chi connectivity index (χ4n) is 0.843. The van der Waals surface area contributed by atoms with Gasteiger partial charge in [-0.3, -0.25) is 4.79 Å². The van der Waals surface area contributed by atoms with E-state index in [-0.39, 0.29) is 0 Å². The van der Waals surface area contributed by atoms with Crippen molar-refractivity contribution in [2.45, 2.75) is 5.54 Å². The van der Waals surface area contributed by atoms with Crippen LogP contribution in [0.3, 0.4) is 0 Å². The van der Waals surface area contributed by atoms with Crippen molar-refractivity contribution in [3.8, 4) is 0 Å². The summed E-state index contributed by atoms with van der Waals surface area (Å²) < 4.78 is 1.90. The fourth-order valence-corrected chi connectivity index (χ4v) is 4.07. The van der Waals surface area contributed by atoms with Crippen LogP contribution in [0.15, 0.2) is 0 Å². The first-order valence-corrected chi connectivity index (χ1v) is 4.51. The van der Waals surface area contributed by atoms with Crippen LogP contribution in [0.5, 0.6) is 0 Å². The van der Waals surface area contributed by atoms with Crippen LogP contribution in [0.25, 0.3) is 0 Å². The summed E-state index contributed by atoms with van der Waals surface area (Å²) >= 11 is 0. The van der Waals surface area contributed by atoms with Gasteiger partial charge in [0.15, 0.2) is 0 Å². The molecular weight excluding hydrogens is 122 g/mol. The van der Waals surface area contributed by atoms with Gasteiger partial charge < -0.3 is 4.57 Å². The van der Waals surface area contributed by atoms with Gasteiger partial charge in [-0.15, -0.1) is 0 Å². The Morgan fingerprint density at radius 2 is 2.43 bits per heavy atom. The summed E-state index contributed by atoms with van der Waals surface area (Å²) in [6, 6.07) is 0. The predicted octanol–water partition coefficient (Wildman–Crippen LogP) is -2.74. The Balaban J connectivity index is 2.44. The van der Waals surface area contributed by atoms with Gasteiger partial charge in [-0.05, 0) is 0 Å². The molecule has 1 aliphatic heterocycles. The van der Waals surface area contributed by atoms with Crippen LogP contribution < -0.4 is 0 Å². The maximum atomic E-state index is 10.6. The Bertz CT molecular complexity index is 95.1. The highest BCUT2D eigenvalue weighted by atomic mass is 28.2. The van der Waals surface area contributed by atoms with Crippen molar-refractivity contribution >= 4 is 26.6 Å². The van der Waals surface area contributed by atoms with Crippen LogP contribution in [0, 0.1) is 0 Å². The van der Waals surface area contributed by atoms with Gasteiger partial charge in [0.1, 0.15) is 10.4 Å². The van der Waals surface area contributed by atoms with Crippen molar-refractivity contribution in [1.29, 1.82) is 0 Å². The molecule has 0 N–H and O–H groups in total. The molecule has 1 heterocycles. The maximum absolute atomic E-state index is 10.6. The van der Waals surface area contributed by atoms with Gasteiger partial charge in [0.05, 0.1) is 0 Å². The molecule has 7 heavy (non-hydrogen) atoms. The first-order chi connectivity index (χ1) is 3.22. The summed E-state index contributed by atoms with van der Waals surface area (Å²) in [6.07, 6.45) is 0. The van der Waals surface area contributed by atoms with E-state index in [0.29, 0.717) is 11.4 Å². The quantitative estimate of drug-likeness (QED) is 0.258. The van der Waals surface area contributed by atoms with E-state index in [0.717, 1.165) is 27.2 Å². The SMILES string of the molecule is O=C1C([SiH3])CN1[SiH3]. The molecule has 1 atom stereocenters. The Kier molecular flexibility index (Phi) is 1.04. The highest BCUT2D eigenvalue weighted by Gasteiger charge is 2.27. The van der Waals surface area contributed by atoms with E-state index in [4.69, 9.17) is 0 Å². The molecule has 1 amide bonds. The summed E-state index contributed by atoms with van der Waals surface area (Å²) in [6.45, 7) is 1.07. The topological polar surface area (TPSA) is 20.3 Å². The van der Waals surface area contributed by atoms with Gasteiger partial charge in [0.2, 0.25) is 5.91 Å². The molecule has 1 fully saturated rings. The van der Waals surface area contributed by atoms with Gasteiger partial charge >= 0.3 is 0 Å². The number of hydrogen-bond donors (Lipinski definition) is 0. The van der Waals surface area contributed by atoms with Gasteiger partial charge in [-0.1, -0.05) is 0 Å². The second-order valence-corrected chi connectivity index (χ2v) is 4.59. The number of β-lactam (4-membered cyclic amide) rings is 1. The number of rotatable bonds is 0. The van der Waals surface area contributed by atoms with Gasteiger partial charge in [-0.25, -0.2) is 0 Å². The Hall–Kier alpha value is -0.0962. The second-order valence-electron chi connectivity index (χ2n) is 2.12. The molecule has 0 saturated carbocycles. The summed E-state index contributed by atoms with van der Waals surface area (Å²) in [5, 5.41) is 0. The Morgan fingerprint density at radius 3 is 2.43 bits per heavy atom. The summed E-state index contributed by atoms with van der Waals surface area (Å²) in [5.41, 5.74) is 0.470. The highest BCUT2D eigenvalue weighted by Crippen LogP contribution is 2.15. The van der Waals surface area contributed by atoms with Crippen molar-refractivity contribution < 1.29 is 4.79 Å². The molecule has 0 spiro atoms. The molecule has 2 nitrogen and oxygen atoms in total. The second kappa shape index (κ2) is 1.45. The van der Waals surface area contributed by atoms with Crippen LogP contribution in [0.1, 0.15) is 0 Å². The Morgan fingerprint density at radius 1 is 1.86 bits per heavy atom. The lowest BCUT2D eigenvalue weighted by Crippen LogP contribution is -2.46. The minimum absolute atomic E-state index is 0.401. The number of amides is 1. The van der Waals surface area contributed by atoms with Crippen LogP contribution in [-0.2, 0) is 4.79 Å². The maximum Gasteiger partial charge on any atom is 0.215 e. The van der Waals surface area contributed by atoms with Crippen LogP contribution >= 0.6 is 0 Å². The van der Waals surface area contributed by atoms with E-state index in [1.807, 2.05) is 4.57 Å². The fraction of sp³-hybridized carbons (Fsp3) is 0.667. The van der Waals surface area contributed by atoms with Crippen LogP contribution in [0.2, 0.25) is 5.54 Å². The molecule has 1 aliphatic rings. The third kappa shape index (κ3) is 0.635. The molecule has 40 valence electrons. The normalized spacial score (nSPS) is 31.1. The standard InChI is InChI=1S/C3H9NOSi2/c5-3-2(6)1-4(3)7/h2H,1H2,6-7H3. The minimum Gasteiger partial charge on any atom is -0.378 e. The van der Waals surface area contributed by atoms with E-state index in [1.165, 1.54) is 0 Å². The molecular formula is C3H9NOSi2. The van der Waals surface area contributed by atoms with Gasteiger partial charge in [0.25, 0.3) is 0 Å². The molecule has 0 bridgehead atoms. The zero-order valence-corrected chi connectivity index (χ0v) is 8.64. The summed E-state index contributed by atoms with van der Waals surface area (Å²) in [5.74, 6) is 0.401. The first kappa shape index (κ1) is 5.05. The van der Waals surface area contributed by atoms with Crippen molar-refractivity contribution in [3.63, 3.8) is 0 Å². The zero-order valence-electron chi connectivity index (χ0n) is 4.64. The third-order valence-electron chi connectivity index (χ3n) is 1.35. The molecule has 1 unspecified atom stereocenters. The van der Waals surface area contributed by atoms with Crippen LogP contribution in [-0.4, -0.2) is 37.7 Å². The number of nitrogens with zero attached hydrogens (tertiary/aromatic N) is 1. The number of carbonyl (C=O) groups is 1. The molecule has 0 aliphatic carbocycles. The average Bonchev–Trinajstić information content (AvgIpc) is 1.68. The summed E-state index contributed by atoms with van der Waals surface area (Å²) in [4.78, 5) is 10.6. The minimum atomic E-state index is 0.401. The number of carbonyl (C=O) groups excluding carboxylic acids is 1. The van der Waals surface area contributed by atoms with Crippen molar-refractivity contribution in [1.82, 2.24) is 4.57 Å². The van der Waals surface area contributed by atoms with E-state index in [2.05, 4.69) is 0 Å². The summed E-state index contributed by atoms with van der Waals surface area (Å²) in [7, 11) is 1.99. The molecule has 0 aromatic rings. The van der Waals surface area contributed by atoms with E-state index >= 15 is 0 Å². The average molecular weight is 131 g/mol. The Labute approximate surface area is 48.8 Å². The molecule has 1 saturated heterocycles. The van der Waals surface area contributed by atoms with Crippen molar-refractivity contribution in [2.24, 2.45) is 0 Å². The molecule has 0 aromatic carbocycles. The van der Waals surface area contributed by atoms with Crippen molar-refractivity contribution in [3.05, 3.63) is 0 Å². The van der Waals surface area contributed by atoms with Crippen LogP contribution in [0.4, 0.5) is 0 Å². The van der Waals surface area contributed by atoms with Gasteiger partial charge in [-0.2, -0.15) is 0 Å². The lowest BCUT2D eigenvalue weighted by Gasteiger charge is -2.33. The lowest BCUT2D eigenvalue weighted by molar-refractivity contribution is -0.133. The molecule has 0 aromatic heterocycles. The highest BCUT2D eigenvalue weighted by molar-refractivity contribution is 6.32. The largest absolute Gasteiger partial charge is 0.378 e. The van der Waals surface area contributed by atoms with Gasteiger partial charge in [0, 0.05) is 22.3 Å². The molecule has 0 radical (unpaired) electrons. The third-order valence-corrected chi connectivity index (χ3v) is 3.01. The smallest absolute Gasteiger partial charge is 0.215 e. The first-order valence-electron chi connectivity index (χ1n) is 2.47. The monoisotopic (exact) mass is 131 g/mol.